The van der Waals surface area contributed by atoms with Crippen LogP contribution in [0.4, 0.5) is 0 Å². The molecule has 0 spiro atoms. The Balaban J connectivity index is 2.33. The maximum absolute atomic E-state index is 12.1. The first-order valence-corrected chi connectivity index (χ1v) is 6.79. The quantitative estimate of drug-likeness (QED) is 0.856. The summed E-state index contributed by atoms with van der Waals surface area (Å²) in [5.41, 5.74) is 6.46. The van der Waals surface area contributed by atoms with Crippen LogP contribution in [-0.4, -0.2) is 34.5 Å². The van der Waals surface area contributed by atoms with Gasteiger partial charge in [0.1, 0.15) is 0 Å². The van der Waals surface area contributed by atoms with E-state index in [9.17, 15) is 14.7 Å². The second kappa shape index (κ2) is 5.07. The van der Waals surface area contributed by atoms with Crippen molar-refractivity contribution in [2.45, 2.75) is 31.8 Å². The molecule has 3 N–H and O–H groups in total. The molecule has 18 heavy (non-hydrogen) atoms. The number of carboxylic acids is 1. The number of hydrogen-bond donors (Lipinski definition) is 2. The van der Waals surface area contributed by atoms with Crippen LogP contribution in [0.1, 0.15) is 29.8 Å². The van der Waals surface area contributed by atoms with Crippen LogP contribution in [0.2, 0.25) is 0 Å². The molecular formula is C12H16N2O3S. The van der Waals surface area contributed by atoms with E-state index >= 15 is 0 Å². The number of amides is 1. The van der Waals surface area contributed by atoms with Crippen molar-refractivity contribution >= 4 is 23.2 Å². The zero-order valence-corrected chi connectivity index (χ0v) is 10.9. The molecule has 0 aliphatic carbocycles. The van der Waals surface area contributed by atoms with Gasteiger partial charge in [0.05, 0.1) is 6.04 Å². The van der Waals surface area contributed by atoms with E-state index in [0.717, 1.165) is 10.4 Å². The maximum atomic E-state index is 12.1. The van der Waals surface area contributed by atoms with Crippen molar-refractivity contribution in [1.82, 2.24) is 4.90 Å². The average Bonchev–Trinajstić information content (AvgIpc) is 2.83. The highest BCUT2D eigenvalue weighted by Crippen LogP contribution is 2.33. The Morgan fingerprint density at radius 3 is 3.00 bits per heavy atom. The molecule has 2 rings (SSSR count). The lowest BCUT2D eigenvalue weighted by molar-refractivity contribution is -0.151. The lowest BCUT2D eigenvalue weighted by atomic mass is 9.99. The molecule has 0 saturated heterocycles. The summed E-state index contributed by atoms with van der Waals surface area (Å²) in [6.07, 6.45) is 1.22. The molecule has 2 atom stereocenters. The molecule has 0 fully saturated rings. The molecule has 1 aliphatic heterocycles. The topological polar surface area (TPSA) is 83.6 Å². The van der Waals surface area contributed by atoms with Gasteiger partial charge in [-0.3, -0.25) is 4.79 Å². The molecule has 1 amide bonds. The summed E-state index contributed by atoms with van der Waals surface area (Å²) in [5, 5.41) is 11.2. The molecule has 1 aliphatic rings. The number of thiophene rings is 1. The number of carbonyl (C=O) groups excluding carboxylic acids is 1. The molecule has 0 saturated carbocycles. The number of nitrogens with two attached hydrogens (primary N) is 1. The smallest absolute Gasteiger partial charge is 0.331 e. The normalized spacial score (nSPS) is 20.3. The fraction of sp³-hybridized carbons (Fsp3) is 0.500. The Labute approximate surface area is 109 Å². The van der Waals surface area contributed by atoms with E-state index in [2.05, 4.69) is 0 Å². The van der Waals surface area contributed by atoms with Gasteiger partial charge in [-0.1, -0.05) is 6.92 Å². The van der Waals surface area contributed by atoms with Gasteiger partial charge in [-0.25, -0.2) is 4.79 Å². The molecular weight excluding hydrogens is 252 g/mol. The van der Waals surface area contributed by atoms with E-state index in [-0.39, 0.29) is 5.91 Å². The number of aliphatic carboxylic acids is 1. The van der Waals surface area contributed by atoms with E-state index in [1.165, 1.54) is 4.90 Å². The molecule has 0 aromatic carbocycles. The molecule has 1 aromatic rings. The average molecular weight is 268 g/mol. The van der Waals surface area contributed by atoms with Crippen LogP contribution in [0.15, 0.2) is 11.4 Å². The lowest BCUT2D eigenvalue weighted by Crippen LogP contribution is -2.49. The predicted octanol–water partition coefficient (Wildman–Crippen LogP) is 0.996. The Morgan fingerprint density at radius 1 is 1.67 bits per heavy atom. The first kappa shape index (κ1) is 13.0. The van der Waals surface area contributed by atoms with Gasteiger partial charge in [-0.2, -0.15) is 0 Å². The first-order chi connectivity index (χ1) is 8.56. The zero-order chi connectivity index (χ0) is 13.3. The van der Waals surface area contributed by atoms with Gasteiger partial charge in [0.25, 0.3) is 0 Å². The largest absolute Gasteiger partial charge is 0.479 e. The van der Waals surface area contributed by atoms with Gasteiger partial charge < -0.3 is 15.7 Å². The molecule has 1 aromatic heterocycles. The molecule has 2 heterocycles. The second-order valence-electron chi connectivity index (χ2n) is 4.34. The molecule has 0 radical (unpaired) electrons. The van der Waals surface area contributed by atoms with Crippen LogP contribution in [-0.2, 0) is 16.0 Å². The van der Waals surface area contributed by atoms with Gasteiger partial charge >= 0.3 is 5.97 Å². The summed E-state index contributed by atoms with van der Waals surface area (Å²) in [7, 11) is 0. The molecule has 6 heteroatoms. The van der Waals surface area contributed by atoms with Crippen LogP contribution in [0.5, 0.6) is 0 Å². The first-order valence-electron chi connectivity index (χ1n) is 5.91. The van der Waals surface area contributed by atoms with E-state index in [4.69, 9.17) is 5.73 Å². The van der Waals surface area contributed by atoms with Gasteiger partial charge in [-0.05, 0) is 29.9 Å². The highest BCUT2D eigenvalue weighted by molar-refractivity contribution is 7.10. The lowest BCUT2D eigenvalue weighted by Gasteiger charge is -2.34. The minimum absolute atomic E-state index is 0.276. The van der Waals surface area contributed by atoms with Crippen molar-refractivity contribution < 1.29 is 14.7 Å². The summed E-state index contributed by atoms with van der Waals surface area (Å²) in [4.78, 5) is 26.0. The fourth-order valence-corrected chi connectivity index (χ4v) is 3.11. The van der Waals surface area contributed by atoms with Crippen molar-refractivity contribution in [3.63, 3.8) is 0 Å². The number of nitrogens with zero attached hydrogens (tertiary/aromatic N) is 1. The third-order valence-electron chi connectivity index (χ3n) is 3.24. The van der Waals surface area contributed by atoms with E-state index in [0.29, 0.717) is 19.4 Å². The summed E-state index contributed by atoms with van der Waals surface area (Å²) in [6, 6.07) is 0.285. The Hall–Kier alpha value is -1.40. The van der Waals surface area contributed by atoms with Gasteiger partial charge in [-0.15, -0.1) is 11.3 Å². The summed E-state index contributed by atoms with van der Waals surface area (Å²) in [6.45, 7) is 2.25. The SMILES string of the molecule is CC[C@@H](N)C(=O)N1CCc2sccc2C1C(=O)O. The van der Waals surface area contributed by atoms with Gasteiger partial charge in [0.2, 0.25) is 5.91 Å². The summed E-state index contributed by atoms with van der Waals surface area (Å²) < 4.78 is 0. The monoisotopic (exact) mass is 268 g/mol. The van der Waals surface area contributed by atoms with E-state index in [1.807, 2.05) is 12.3 Å². The summed E-state index contributed by atoms with van der Waals surface area (Å²) in [5.74, 6) is -1.27. The van der Waals surface area contributed by atoms with Crippen LogP contribution in [0.25, 0.3) is 0 Å². The third kappa shape index (κ3) is 2.13. The van der Waals surface area contributed by atoms with E-state index in [1.54, 1.807) is 17.4 Å². The van der Waals surface area contributed by atoms with Crippen molar-refractivity contribution in [2.24, 2.45) is 5.73 Å². The highest BCUT2D eigenvalue weighted by atomic mass is 32.1. The highest BCUT2D eigenvalue weighted by Gasteiger charge is 2.37. The maximum Gasteiger partial charge on any atom is 0.331 e. The number of hydrogen-bond acceptors (Lipinski definition) is 4. The zero-order valence-electron chi connectivity index (χ0n) is 10.1. The van der Waals surface area contributed by atoms with Crippen molar-refractivity contribution in [1.29, 1.82) is 0 Å². The Morgan fingerprint density at radius 2 is 2.39 bits per heavy atom. The van der Waals surface area contributed by atoms with Crippen LogP contribution < -0.4 is 5.73 Å². The Kier molecular flexibility index (Phi) is 3.68. The van der Waals surface area contributed by atoms with Crippen LogP contribution >= 0.6 is 11.3 Å². The number of fused-ring (bicyclic) bond motifs is 1. The minimum atomic E-state index is -0.994. The van der Waals surface area contributed by atoms with E-state index < -0.39 is 18.1 Å². The van der Waals surface area contributed by atoms with Crippen LogP contribution in [0, 0.1) is 0 Å². The van der Waals surface area contributed by atoms with Crippen LogP contribution in [0.3, 0.4) is 0 Å². The molecule has 5 nitrogen and oxygen atoms in total. The molecule has 0 bridgehead atoms. The Bertz CT molecular complexity index is 472. The summed E-state index contributed by atoms with van der Waals surface area (Å²) >= 11 is 1.54. The predicted molar refractivity (Wildman–Crippen MR) is 68.4 cm³/mol. The second-order valence-corrected chi connectivity index (χ2v) is 5.34. The third-order valence-corrected chi connectivity index (χ3v) is 4.24. The number of carbonyl (C=O) groups is 2. The fourth-order valence-electron chi connectivity index (χ4n) is 2.21. The van der Waals surface area contributed by atoms with Gasteiger partial charge in [0.15, 0.2) is 6.04 Å². The molecule has 1 unspecified atom stereocenters. The van der Waals surface area contributed by atoms with Crippen molar-refractivity contribution in [2.75, 3.05) is 6.54 Å². The number of rotatable bonds is 3. The molecule has 98 valence electrons. The standard InChI is InChI=1S/C12H16N2O3S/c1-2-8(13)11(15)14-5-3-9-7(4-6-18-9)10(14)12(16)17/h4,6,8,10H,2-3,5,13H2,1H3,(H,16,17)/t8-,10?/m1/s1. The van der Waals surface area contributed by atoms with Crippen molar-refractivity contribution in [3.8, 4) is 0 Å². The minimum Gasteiger partial charge on any atom is -0.479 e. The van der Waals surface area contributed by atoms with Gasteiger partial charge in [0, 0.05) is 11.4 Å². The van der Waals surface area contributed by atoms with Crippen molar-refractivity contribution in [3.05, 3.63) is 21.9 Å². The number of carboxylic acid groups (broad SMARTS) is 1.